The highest BCUT2D eigenvalue weighted by molar-refractivity contribution is 6.01. The Bertz CT molecular complexity index is 974. The molecule has 29 heavy (non-hydrogen) atoms. The van der Waals surface area contributed by atoms with Crippen molar-refractivity contribution in [1.82, 2.24) is 10.2 Å². The van der Waals surface area contributed by atoms with Crippen molar-refractivity contribution in [3.8, 4) is 0 Å². The Balaban J connectivity index is 1.71. The summed E-state index contributed by atoms with van der Waals surface area (Å²) in [7, 11) is 0. The van der Waals surface area contributed by atoms with E-state index < -0.39 is 0 Å². The average molecular weight is 386 g/mol. The van der Waals surface area contributed by atoms with Crippen LogP contribution < -0.4 is 5.32 Å². The minimum Gasteiger partial charge on any atom is -0.311 e. The zero-order valence-electron chi connectivity index (χ0n) is 16.9. The Labute approximate surface area is 171 Å². The number of hydrogen-bond donors (Lipinski definition) is 1. The largest absolute Gasteiger partial charge is 0.322 e. The minimum atomic E-state index is -0.357. The molecule has 1 atom stereocenters. The third-order valence-electron chi connectivity index (χ3n) is 5.55. The molecule has 2 amide bonds. The van der Waals surface area contributed by atoms with Crippen LogP contribution in [0.15, 0.2) is 78.0 Å². The quantitative estimate of drug-likeness (QED) is 0.794. The van der Waals surface area contributed by atoms with E-state index in [4.69, 9.17) is 0 Å². The number of ketones is 1. The molecular weight excluding hydrogens is 360 g/mol. The summed E-state index contributed by atoms with van der Waals surface area (Å²) in [6.07, 6.45) is 5.19. The van der Waals surface area contributed by atoms with Gasteiger partial charge in [-0.3, -0.25) is 4.79 Å². The number of hydrogen-bond acceptors (Lipinski definition) is 2. The number of amides is 2. The van der Waals surface area contributed by atoms with Crippen LogP contribution in [0.4, 0.5) is 4.79 Å². The van der Waals surface area contributed by atoms with Crippen molar-refractivity contribution < 1.29 is 9.59 Å². The maximum absolute atomic E-state index is 13.1. The monoisotopic (exact) mass is 386 g/mol. The summed E-state index contributed by atoms with van der Waals surface area (Å²) < 4.78 is 0. The lowest BCUT2D eigenvalue weighted by Gasteiger charge is -2.43. The van der Waals surface area contributed by atoms with E-state index in [9.17, 15) is 9.59 Å². The fourth-order valence-electron chi connectivity index (χ4n) is 4.27. The summed E-state index contributed by atoms with van der Waals surface area (Å²) >= 11 is 0. The van der Waals surface area contributed by atoms with Crippen molar-refractivity contribution in [3.63, 3.8) is 0 Å². The molecule has 4 nitrogen and oxygen atoms in total. The summed E-state index contributed by atoms with van der Waals surface area (Å²) in [5.74, 6) is 0.127. The first-order chi connectivity index (χ1) is 13.9. The van der Waals surface area contributed by atoms with Crippen molar-refractivity contribution in [2.45, 2.75) is 32.7 Å². The van der Waals surface area contributed by atoms with Crippen molar-refractivity contribution in [1.29, 1.82) is 0 Å². The van der Waals surface area contributed by atoms with Gasteiger partial charge in [-0.15, -0.1) is 0 Å². The number of benzene rings is 2. The van der Waals surface area contributed by atoms with Gasteiger partial charge in [0.2, 0.25) is 0 Å². The highest BCUT2D eigenvalue weighted by Crippen LogP contribution is 2.44. The number of urea groups is 1. The van der Waals surface area contributed by atoms with Gasteiger partial charge in [-0.1, -0.05) is 86.7 Å². The summed E-state index contributed by atoms with van der Waals surface area (Å²) in [6.45, 7) is 4.58. The molecule has 0 bridgehead atoms. The van der Waals surface area contributed by atoms with E-state index in [1.165, 1.54) is 0 Å². The normalized spacial score (nSPS) is 21.3. The first-order valence-corrected chi connectivity index (χ1v) is 10.0. The molecule has 148 valence electrons. The van der Waals surface area contributed by atoms with E-state index in [-0.39, 0.29) is 23.3 Å². The number of rotatable bonds is 4. The van der Waals surface area contributed by atoms with Crippen LogP contribution in [-0.2, 0) is 4.79 Å². The van der Waals surface area contributed by atoms with Gasteiger partial charge in [0.25, 0.3) is 0 Å². The number of carbonyl (C=O) groups is 2. The third-order valence-corrected chi connectivity index (χ3v) is 5.55. The van der Waals surface area contributed by atoms with Crippen molar-refractivity contribution >= 4 is 17.9 Å². The molecule has 1 heterocycles. The molecule has 1 N–H and O–H groups in total. The van der Waals surface area contributed by atoms with Crippen molar-refractivity contribution in [3.05, 3.63) is 89.1 Å². The predicted molar refractivity (Wildman–Crippen MR) is 115 cm³/mol. The molecule has 2 aliphatic rings. The second-order valence-electron chi connectivity index (χ2n) is 8.54. The fourth-order valence-corrected chi connectivity index (χ4v) is 4.27. The number of nitrogens with one attached hydrogen (secondary N) is 1. The van der Waals surface area contributed by atoms with Gasteiger partial charge in [-0.2, -0.15) is 0 Å². The van der Waals surface area contributed by atoms with Crippen LogP contribution in [0.2, 0.25) is 0 Å². The molecule has 2 aromatic rings. The Kier molecular flexibility index (Phi) is 5.10. The van der Waals surface area contributed by atoms with Gasteiger partial charge in [0.1, 0.15) is 0 Å². The number of nitrogens with zero attached hydrogens (tertiary/aromatic N) is 1. The first-order valence-electron chi connectivity index (χ1n) is 10.0. The highest BCUT2D eigenvalue weighted by Gasteiger charge is 2.43. The molecule has 0 fully saturated rings. The van der Waals surface area contributed by atoms with Gasteiger partial charge in [0.05, 0.1) is 6.04 Å². The molecule has 2 aromatic carbocycles. The summed E-state index contributed by atoms with van der Waals surface area (Å²) in [5, 5.41) is 3.01. The van der Waals surface area contributed by atoms with E-state index in [1.54, 1.807) is 4.90 Å². The van der Waals surface area contributed by atoms with Crippen LogP contribution in [0.3, 0.4) is 0 Å². The summed E-state index contributed by atoms with van der Waals surface area (Å²) in [4.78, 5) is 27.9. The number of allylic oxidation sites excluding steroid dienone is 1. The van der Waals surface area contributed by atoms with Gasteiger partial charge >= 0.3 is 6.03 Å². The molecule has 1 aliphatic heterocycles. The van der Waals surface area contributed by atoms with Gasteiger partial charge in [0.15, 0.2) is 5.78 Å². The molecule has 4 heteroatoms. The Hall–Kier alpha value is -3.14. The standard InChI is InChI=1S/C25H26N2O2/c1-25(2)16-20-22(21(28)17-25)23(19-13-7-4-8-14-19)27(24(29)26-20)15-9-12-18-10-5-3-6-11-18/h3-14,23H,15-17H2,1-2H3,(H,26,29)/b12-9+. The summed E-state index contributed by atoms with van der Waals surface area (Å²) in [6, 6.07) is 19.3. The van der Waals surface area contributed by atoms with E-state index in [0.29, 0.717) is 19.4 Å². The van der Waals surface area contributed by atoms with E-state index in [2.05, 4.69) is 19.2 Å². The molecule has 0 saturated heterocycles. The smallest absolute Gasteiger partial charge is 0.311 e. The molecule has 0 spiro atoms. The van der Waals surface area contributed by atoms with E-state index >= 15 is 0 Å². The van der Waals surface area contributed by atoms with Crippen LogP contribution in [0.1, 0.15) is 43.9 Å². The van der Waals surface area contributed by atoms with Crippen molar-refractivity contribution in [2.24, 2.45) is 5.41 Å². The topological polar surface area (TPSA) is 49.4 Å². The van der Waals surface area contributed by atoms with E-state index in [0.717, 1.165) is 22.4 Å². The zero-order chi connectivity index (χ0) is 20.4. The molecule has 4 rings (SSSR count). The Morgan fingerprint density at radius 1 is 1.00 bits per heavy atom. The maximum atomic E-state index is 13.1. The molecule has 0 aromatic heterocycles. The van der Waals surface area contributed by atoms with Crippen LogP contribution in [0.5, 0.6) is 0 Å². The van der Waals surface area contributed by atoms with E-state index in [1.807, 2.05) is 72.8 Å². The van der Waals surface area contributed by atoms with Gasteiger partial charge in [0, 0.05) is 24.2 Å². The zero-order valence-corrected chi connectivity index (χ0v) is 16.9. The number of carbonyl (C=O) groups excluding carboxylic acids is 2. The number of Topliss-reactive ketones (excluding diaryl/α,β-unsaturated/α-hetero) is 1. The highest BCUT2D eigenvalue weighted by atomic mass is 16.2. The lowest BCUT2D eigenvalue weighted by Crippen LogP contribution is -2.51. The molecule has 0 radical (unpaired) electrons. The summed E-state index contributed by atoms with van der Waals surface area (Å²) in [5.41, 5.74) is 3.43. The van der Waals surface area contributed by atoms with Crippen LogP contribution in [0, 0.1) is 5.41 Å². The molecule has 0 saturated carbocycles. The predicted octanol–water partition coefficient (Wildman–Crippen LogP) is 5.11. The second-order valence-corrected chi connectivity index (χ2v) is 8.54. The van der Waals surface area contributed by atoms with Crippen LogP contribution in [-0.4, -0.2) is 23.3 Å². The fraction of sp³-hybridized carbons (Fsp3) is 0.280. The lowest BCUT2D eigenvalue weighted by molar-refractivity contribution is -0.119. The maximum Gasteiger partial charge on any atom is 0.322 e. The van der Waals surface area contributed by atoms with Gasteiger partial charge in [-0.25, -0.2) is 4.79 Å². The lowest BCUT2D eigenvalue weighted by atomic mass is 9.72. The SMILES string of the molecule is CC1(C)CC(=O)C2=C(C1)NC(=O)N(C/C=C/c1ccccc1)C2c1ccccc1. The first kappa shape index (κ1) is 19.2. The van der Waals surface area contributed by atoms with Gasteiger partial charge < -0.3 is 10.2 Å². The average Bonchev–Trinajstić information content (AvgIpc) is 2.69. The minimum absolute atomic E-state index is 0.127. The third kappa shape index (κ3) is 4.02. The Morgan fingerprint density at radius 3 is 2.34 bits per heavy atom. The van der Waals surface area contributed by atoms with Gasteiger partial charge in [-0.05, 0) is 23.0 Å². The Morgan fingerprint density at radius 2 is 1.66 bits per heavy atom. The van der Waals surface area contributed by atoms with Crippen LogP contribution in [0.25, 0.3) is 6.08 Å². The molecule has 1 unspecified atom stereocenters. The van der Waals surface area contributed by atoms with Crippen molar-refractivity contribution in [2.75, 3.05) is 6.54 Å². The molecular formula is C25H26N2O2. The second kappa shape index (κ2) is 7.70. The molecule has 1 aliphatic carbocycles. The van der Waals surface area contributed by atoms with Crippen LogP contribution >= 0.6 is 0 Å².